The molecule has 2 aromatic rings. The lowest BCUT2D eigenvalue weighted by atomic mass is 10.0. The predicted molar refractivity (Wildman–Crippen MR) is 101 cm³/mol. The number of amides is 1. The zero-order chi connectivity index (χ0) is 19.1. The van der Waals surface area contributed by atoms with Crippen LogP contribution in [0.15, 0.2) is 48.5 Å². The molecule has 1 amide bonds. The molecule has 1 atom stereocenters. The van der Waals surface area contributed by atoms with Gasteiger partial charge >= 0.3 is 0 Å². The number of ether oxygens (including phenoxy) is 2. The van der Waals surface area contributed by atoms with Gasteiger partial charge in [-0.15, -0.1) is 0 Å². The zero-order valence-electron chi connectivity index (χ0n) is 15.5. The SMILES string of the molecule is CCOc1ccccc1C(=O)NC[C@H](c1ccc(F)cc1)N1CCOCC1. The van der Waals surface area contributed by atoms with Gasteiger partial charge in [-0.1, -0.05) is 24.3 Å². The molecule has 0 unspecified atom stereocenters. The number of hydrogen-bond acceptors (Lipinski definition) is 4. The van der Waals surface area contributed by atoms with Crippen LogP contribution in [-0.4, -0.2) is 50.3 Å². The molecular weight excluding hydrogens is 347 g/mol. The summed E-state index contributed by atoms with van der Waals surface area (Å²) in [6, 6.07) is 13.6. The summed E-state index contributed by atoms with van der Waals surface area (Å²) >= 11 is 0. The fourth-order valence-electron chi connectivity index (χ4n) is 3.25. The summed E-state index contributed by atoms with van der Waals surface area (Å²) < 4.78 is 24.3. The Morgan fingerprint density at radius 1 is 1.19 bits per heavy atom. The summed E-state index contributed by atoms with van der Waals surface area (Å²) in [6.07, 6.45) is 0. The second-order valence-electron chi connectivity index (χ2n) is 6.35. The van der Waals surface area contributed by atoms with Gasteiger partial charge in [-0.05, 0) is 36.8 Å². The lowest BCUT2D eigenvalue weighted by Crippen LogP contribution is -2.43. The van der Waals surface area contributed by atoms with Gasteiger partial charge < -0.3 is 14.8 Å². The number of benzene rings is 2. The van der Waals surface area contributed by atoms with Crippen molar-refractivity contribution in [2.75, 3.05) is 39.5 Å². The number of para-hydroxylation sites is 1. The lowest BCUT2D eigenvalue weighted by Gasteiger charge is -2.35. The minimum Gasteiger partial charge on any atom is -0.493 e. The lowest BCUT2D eigenvalue weighted by molar-refractivity contribution is 0.0162. The Morgan fingerprint density at radius 2 is 1.89 bits per heavy atom. The summed E-state index contributed by atoms with van der Waals surface area (Å²) in [6.45, 7) is 5.65. The number of nitrogens with one attached hydrogen (secondary N) is 1. The molecule has 0 bridgehead atoms. The minimum atomic E-state index is -0.269. The molecule has 144 valence electrons. The Bertz CT molecular complexity index is 745. The van der Waals surface area contributed by atoms with Crippen LogP contribution in [0.2, 0.25) is 0 Å². The van der Waals surface area contributed by atoms with Gasteiger partial charge in [-0.25, -0.2) is 4.39 Å². The summed E-state index contributed by atoms with van der Waals surface area (Å²) in [7, 11) is 0. The summed E-state index contributed by atoms with van der Waals surface area (Å²) in [5.74, 6) is 0.121. The fourth-order valence-corrected chi connectivity index (χ4v) is 3.25. The number of morpholine rings is 1. The third kappa shape index (κ3) is 5.05. The number of hydrogen-bond donors (Lipinski definition) is 1. The van der Waals surface area contributed by atoms with Crippen LogP contribution < -0.4 is 10.1 Å². The Labute approximate surface area is 159 Å². The van der Waals surface area contributed by atoms with Gasteiger partial charge in [0, 0.05) is 19.6 Å². The van der Waals surface area contributed by atoms with Crippen LogP contribution in [0.25, 0.3) is 0 Å². The maximum atomic E-state index is 13.3. The molecule has 1 N–H and O–H groups in total. The molecule has 0 spiro atoms. The van der Waals surface area contributed by atoms with E-state index in [1.807, 2.05) is 19.1 Å². The maximum absolute atomic E-state index is 13.3. The average Bonchev–Trinajstić information content (AvgIpc) is 2.71. The van der Waals surface area contributed by atoms with Crippen LogP contribution >= 0.6 is 0 Å². The van der Waals surface area contributed by atoms with Crippen molar-refractivity contribution in [1.82, 2.24) is 10.2 Å². The molecule has 2 aromatic carbocycles. The molecule has 27 heavy (non-hydrogen) atoms. The van der Waals surface area contributed by atoms with E-state index in [2.05, 4.69) is 10.2 Å². The van der Waals surface area contributed by atoms with Crippen LogP contribution in [0.4, 0.5) is 4.39 Å². The summed E-state index contributed by atoms with van der Waals surface area (Å²) in [5, 5.41) is 3.01. The molecule has 0 aliphatic carbocycles. The van der Waals surface area contributed by atoms with Crippen molar-refractivity contribution in [2.45, 2.75) is 13.0 Å². The Morgan fingerprint density at radius 3 is 2.59 bits per heavy atom. The van der Waals surface area contributed by atoms with Gasteiger partial charge in [0.2, 0.25) is 0 Å². The van der Waals surface area contributed by atoms with Crippen molar-refractivity contribution in [1.29, 1.82) is 0 Å². The van der Waals surface area contributed by atoms with Crippen molar-refractivity contribution in [2.24, 2.45) is 0 Å². The highest BCUT2D eigenvalue weighted by Gasteiger charge is 2.24. The fraction of sp³-hybridized carbons (Fsp3) is 0.381. The first-order valence-electron chi connectivity index (χ1n) is 9.26. The number of carbonyl (C=O) groups is 1. The van der Waals surface area contributed by atoms with Crippen molar-refractivity contribution >= 4 is 5.91 Å². The monoisotopic (exact) mass is 372 g/mol. The molecule has 6 heteroatoms. The van der Waals surface area contributed by atoms with E-state index in [4.69, 9.17) is 9.47 Å². The third-order valence-corrected chi connectivity index (χ3v) is 4.63. The van der Waals surface area contributed by atoms with Crippen LogP contribution in [0.3, 0.4) is 0 Å². The molecule has 3 rings (SSSR count). The first-order valence-corrected chi connectivity index (χ1v) is 9.26. The van der Waals surface area contributed by atoms with Crippen molar-refractivity contribution < 1.29 is 18.7 Å². The first-order chi connectivity index (χ1) is 13.2. The molecule has 1 aliphatic rings. The van der Waals surface area contributed by atoms with Crippen LogP contribution in [0, 0.1) is 5.82 Å². The summed E-state index contributed by atoms with van der Waals surface area (Å²) in [5.41, 5.74) is 1.48. The summed E-state index contributed by atoms with van der Waals surface area (Å²) in [4.78, 5) is 15.0. The van der Waals surface area contributed by atoms with E-state index in [1.165, 1.54) is 12.1 Å². The Hall–Kier alpha value is -2.44. The van der Waals surface area contributed by atoms with Crippen LogP contribution in [0.5, 0.6) is 5.75 Å². The maximum Gasteiger partial charge on any atom is 0.255 e. The van der Waals surface area contributed by atoms with Gasteiger partial charge in [-0.3, -0.25) is 9.69 Å². The number of carbonyl (C=O) groups excluding carboxylic acids is 1. The largest absolute Gasteiger partial charge is 0.493 e. The van der Waals surface area contributed by atoms with Crippen LogP contribution in [0.1, 0.15) is 28.9 Å². The smallest absolute Gasteiger partial charge is 0.255 e. The van der Waals surface area contributed by atoms with E-state index in [1.54, 1.807) is 24.3 Å². The predicted octanol–water partition coefficient (Wildman–Crippen LogP) is 3.03. The molecule has 0 saturated carbocycles. The Kier molecular flexibility index (Phi) is 6.79. The zero-order valence-corrected chi connectivity index (χ0v) is 15.5. The van der Waals surface area contributed by atoms with E-state index < -0.39 is 0 Å². The molecule has 0 aromatic heterocycles. The third-order valence-electron chi connectivity index (χ3n) is 4.63. The van der Waals surface area contributed by atoms with Gasteiger partial charge in [0.1, 0.15) is 11.6 Å². The van der Waals surface area contributed by atoms with Crippen molar-refractivity contribution in [3.05, 3.63) is 65.5 Å². The van der Waals surface area contributed by atoms with Crippen molar-refractivity contribution in [3.8, 4) is 5.75 Å². The molecular formula is C21H25FN2O3. The van der Waals surface area contributed by atoms with E-state index in [0.29, 0.717) is 37.7 Å². The number of halogens is 1. The van der Waals surface area contributed by atoms with Gasteiger partial charge in [0.25, 0.3) is 5.91 Å². The molecule has 5 nitrogen and oxygen atoms in total. The minimum absolute atomic E-state index is 0.0438. The van der Waals surface area contributed by atoms with Gasteiger partial charge in [-0.2, -0.15) is 0 Å². The van der Waals surface area contributed by atoms with Gasteiger partial charge in [0.05, 0.1) is 31.4 Å². The molecule has 1 heterocycles. The Balaban J connectivity index is 1.74. The number of rotatable bonds is 7. The second kappa shape index (κ2) is 9.48. The van der Waals surface area contributed by atoms with E-state index >= 15 is 0 Å². The normalized spacial score (nSPS) is 15.9. The first kappa shape index (κ1) is 19.3. The quantitative estimate of drug-likeness (QED) is 0.812. The molecule has 1 saturated heterocycles. The van der Waals surface area contributed by atoms with E-state index in [-0.39, 0.29) is 17.8 Å². The van der Waals surface area contributed by atoms with Gasteiger partial charge in [0.15, 0.2) is 0 Å². The number of nitrogens with zero attached hydrogens (tertiary/aromatic N) is 1. The van der Waals surface area contributed by atoms with Crippen LogP contribution in [-0.2, 0) is 4.74 Å². The van der Waals surface area contributed by atoms with Crippen molar-refractivity contribution in [3.63, 3.8) is 0 Å². The topological polar surface area (TPSA) is 50.8 Å². The van der Waals surface area contributed by atoms with E-state index in [0.717, 1.165) is 18.7 Å². The second-order valence-corrected chi connectivity index (χ2v) is 6.35. The highest BCUT2D eigenvalue weighted by atomic mass is 19.1. The molecule has 1 aliphatic heterocycles. The average molecular weight is 372 g/mol. The molecule has 0 radical (unpaired) electrons. The highest BCUT2D eigenvalue weighted by molar-refractivity contribution is 5.96. The molecule has 1 fully saturated rings. The highest BCUT2D eigenvalue weighted by Crippen LogP contribution is 2.23. The van der Waals surface area contributed by atoms with E-state index in [9.17, 15) is 9.18 Å². The standard InChI is InChI=1S/C21H25FN2O3/c1-2-27-20-6-4-3-5-18(20)21(25)23-15-19(24-11-13-26-14-12-24)16-7-9-17(22)10-8-16/h3-10,19H,2,11-15H2,1H3,(H,23,25)/t19-/m1/s1.